The van der Waals surface area contributed by atoms with Crippen LogP contribution >= 0.6 is 0 Å². The number of Topliss-reactive ketones (excluding diaryl/α,β-unsaturated/α-hetero) is 1. The van der Waals surface area contributed by atoms with Gasteiger partial charge in [-0.2, -0.15) is 0 Å². The summed E-state index contributed by atoms with van der Waals surface area (Å²) in [6.07, 6.45) is 0.0712. The molecule has 1 atom stereocenters. The molecule has 0 saturated carbocycles. The van der Waals surface area contributed by atoms with Gasteiger partial charge in [-0.25, -0.2) is 12.8 Å². The van der Waals surface area contributed by atoms with Crippen LogP contribution in [0.25, 0.3) is 0 Å². The van der Waals surface area contributed by atoms with Gasteiger partial charge in [0.15, 0.2) is 15.6 Å². The third-order valence-electron chi connectivity index (χ3n) is 3.23. The topological polar surface area (TPSA) is 63.2 Å². The molecule has 0 aliphatic carbocycles. The Morgan fingerprint density at radius 3 is 2.84 bits per heavy atom. The van der Waals surface area contributed by atoms with Gasteiger partial charge in [0, 0.05) is 24.6 Å². The fourth-order valence-corrected chi connectivity index (χ4v) is 3.55. The largest absolute Gasteiger partial charge is 0.312 e. The summed E-state index contributed by atoms with van der Waals surface area (Å²) < 4.78 is 36.3. The number of rotatable bonds is 3. The maximum absolute atomic E-state index is 13.4. The van der Waals surface area contributed by atoms with Gasteiger partial charge in [-0.15, -0.1) is 0 Å². The SMILES string of the molecule is Cc1ccc(C(=O)CC2CS(=O)(=O)CCN2)cc1F. The number of sulfone groups is 1. The first-order chi connectivity index (χ1) is 8.87. The van der Waals surface area contributed by atoms with E-state index in [4.69, 9.17) is 0 Å². The third-order valence-corrected chi connectivity index (χ3v) is 4.96. The van der Waals surface area contributed by atoms with Crippen molar-refractivity contribution < 1.29 is 17.6 Å². The molecule has 0 radical (unpaired) electrons. The highest BCUT2D eigenvalue weighted by Crippen LogP contribution is 2.13. The van der Waals surface area contributed by atoms with E-state index in [1.54, 1.807) is 19.1 Å². The fourth-order valence-electron chi connectivity index (χ4n) is 2.11. The van der Waals surface area contributed by atoms with Crippen LogP contribution in [-0.2, 0) is 9.84 Å². The standard InChI is InChI=1S/C13H16FNO3S/c1-9-2-3-10(6-12(9)14)13(16)7-11-8-19(17,18)5-4-15-11/h2-3,6,11,15H,4-5,7-8H2,1H3. The number of hydrogen-bond donors (Lipinski definition) is 1. The Hall–Kier alpha value is -1.27. The number of nitrogens with one attached hydrogen (secondary N) is 1. The number of carbonyl (C=O) groups excluding carboxylic acids is 1. The predicted molar refractivity (Wildman–Crippen MR) is 70.5 cm³/mol. The smallest absolute Gasteiger partial charge is 0.164 e. The van der Waals surface area contributed by atoms with Crippen molar-refractivity contribution in [1.29, 1.82) is 0 Å². The quantitative estimate of drug-likeness (QED) is 0.845. The molecule has 1 N–H and O–H groups in total. The minimum atomic E-state index is -3.06. The summed E-state index contributed by atoms with van der Waals surface area (Å²) in [4.78, 5) is 12.0. The van der Waals surface area contributed by atoms with Gasteiger partial charge in [0.1, 0.15) is 5.82 Å². The lowest BCUT2D eigenvalue weighted by molar-refractivity contribution is 0.0971. The molecule has 0 amide bonds. The highest BCUT2D eigenvalue weighted by Gasteiger charge is 2.26. The zero-order valence-electron chi connectivity index (χ0n) is 10.6. The number of ketones is 1. The fraction of sp³-hybridized carbons (Fsp3) is 0.462. The Balaban J connectivity index is 2.06. The second kappa shape index (κ2) is 5.38. The second-order valence-electron chi connectivity index (χ2n) is 4.86. The van der Waals surface area contributed by atoms with Crippen molar-refractivity contribution in [1.82, 2.24) is 5.32 Å². The maximum atomic E-state index is 13.4. The van der Waals surface area contributed by atoms with Crippen molar-refractivity contribution in [3.8, 4) is 0 Å². The van der Waals surface area contributed by atoms with E-state index in [0.29, 0.717) is 12.1 Å². The van der Waals surface area contributed by atoms with E-state index in [1.165, 1.54) is 6.07 Å². The Kier molecular flexibility index (Phi) is 4.01. The molecule has 6 heteroatoms. The average Bonchev–Trinajstić information content (AvgIpc) is 2.31. The summed E-state index contributed by atoms with van der Waals surface area (Å²) in [5.41, 5.74) is 0.766. The van der Waals surface area contributed by atoms with E-state index in [-0.39, 0.29) is 35.3 Å². The van der Waals surface area contributed by atoms with Crippen molar-refractivity contribution in [3.05, 3.63) is 35.1 Å². The average molecular weight is 285 g/mol. The van der Waals surface area contributed by atoms with Crippen molar-refractivity contribution in [2.45, 2.75) is 19.4 Å². The van der Waals surface area contributed by atoms with E-state index in [0.717, 1.165) is 0 Å². The van der Waals surface area contributed by atoms with Crippen LogP contribution in [0.15, 0.2) is 18.2 Å². The molecule has 1 saturated heterocycles. The molecule has 1 aromatic rings. The van der Waals surface area contributed by atoms with Crippen molar-refractivity contribution in [2.24, 2.45) is 0 Å². The van der Waals surface area contributed by atoms with Crippen LogP contribution in [0.5, 0.6) is 0 Å². The van der Waals surface area contributed by atoms with Gasteiger partial charge in [0.2, 0.25) is 0 Å². The number of benzene rings is 1. The summed E-state index contributed by atoms with van der Waals surface area (Å²) in [6, 6.07) is 3.94. The third kappa shape index (κ3) is 3.61. The number of carbonyl (C=O) groups is 1. The normalized spacial score (nSPS) is 22.1. The first-order valence-corrected chi connectivity index (χ1v) is 7.93. The van der Waals surface area contributed by atoms with E-state index in [2.05, 4.69) is 5.32 Å². The first kappa shape index (κ1) is 14.1. The Bertz CT molecular complexity index is 598. The minimum absolute atomic E-state index is 0.0346. The van der Waals surface area contributed by atoms with Crippen molar-refractivity contribution >= 4 is 15.6 Å². The predicted octanol–water partition coefficient (Wildman–Crippen LogP) is 1.09. The number of aryl methyl sites for hydroxylation is 1. The van der Waals surface area contributed by atoms with Crippen LogP contribution in [0.3, 0.4) is 0 Å². The molecule has 1 aliphatic heterocycles. The van der Waals surface area contributed by atoms with Gasteiger partial charge >= 0.3 is 0 Å². The molecule has 1 aromatic carbocycles. The first-order valence-electron chi connectivity index (χ1n) is 6.10. The van der Waals surface area contributed by atoms with Crippen LogP contribution in [0.2, 0.25) is 0 Å². The zero-order valence-corrected chi connectivity index (χ0v) is 11.5. The summed E-state index contributed by atoms with van der Waals surface area (Å²) >= 11 is 0. The second-order valence-corrected chi connectivity index (χ2v) is 7.09. The summed E-state index contributed by atoms with van der Waals surface area (Å²) in [6.45, 7) is 1.99. The molecular weight excluding hydrogens is 269 g/mol. The molecule has 2 rings (SSSR count). The van der Waals surface area contributed by atoms with Gasteiger partial charge in [-0.1, -0.05) is 12.1 Å². The van der Waals surface area contributed by atoms with Gasteiger partial charge in [-0.05, 0) is 18.6 Å². The van der Waals surface area contributed by atoms with Crippen LogP contribution in [0, 0.1) is 12.7 Å². The van der Waals surface area contributed by atoms with E-state index >= 15 is 0 Å². The van der Waals surface area contributed by atoms with Gasteiger partial charge in [-0.3, -0.25) is 4.79 Å². The van der Waals surface area contributed by atoms with E-state index in [1.807, 2.05) is 0 Å². The molecule has 1 unspecified atom stereocenters. The lowest BCUT2D eigenvalue weighted by atomic mass is 10.0. The summed E-state index contributed by atoms with van der Waals surface area (Å²) in [5.74, 6) is -0.590. The number of halogens is 1. The molecule has 1 aliphatic rings. The molecule has 1 heterocycles. The van der Waals surface area contributed by atoms with Gasteiger partial charge < -0.3 is 5.32 Å². The minimum Gasteiger partial charge on any atom is -0.312 e. The maximum Gasteiger partial charge on any atom is 0.164 e. The number of hydrogen-bond acceptors (Lipinski definition) is 4. The monoisotopic (exact) mass is 285 g/mol. The molecular formula is C13H16FNO3S. The van der Waals surface area contributed by atoms with Crippen LogP contribution < -0.4 is 5.32 Å². The highest BCUT2D eigenvalue weighted by molar-refractivity contribution is 7.91. The van der Waals surface area contributed by atoms with Crippen LogP contribution in [0.4, 0.5) is 4.39 Å². The Morgan fingerprint density at radius 1 is 1.47 bits per heavy atom. The molecule has 0 bridgehead atoms. The molecule has 19 heavy (non-hydrogen) atoms. The highest BCUT2D eigenvalue weighted by atomic mass is 32.2. The Morgan fingerprint density at radius 2 is 2.21 bits per heavy atom. The van der Waals surface area contributed by atoms with Crippen LogP contribution in [0.1, 0.15) is 22.3 Å². The van der Waals surface area contributed by atoms with Crippen molar-refractivity contribution in [3.63, 3.8) is 0 Å². The van der Waals surface area contributed by atoms with Crippen molar-refractivity contribution in [2.75, 3.05) is 18.1 Å². The van der Waals surface area contributed by atoms with E-state index < -0.39 is 15.7 Å². The molecule has 1 fully saturated rings. The lowest BCUT2D eigenvalue weighted by Crippen LogP contribution is -2.46. The molecule has 0 aromatic heterocycles. The lowest BCUT2D eigenvalue weighted by Gasteiger charge is -2.23. The zero-order chi connectivity index (χ0) is 14.0. The van der Waals surface area contributed by atoms with Gasteiger partial charge in [0.25, 0.3) is 0 Å². The van der Waals surface area contributed by atoms with E-state index in [9.17, 15) is 17.6 Å². The van der Waals surface area contributed by atoms with Gasteiger partial charge in [0.05, 0.1) is 11.5 Å². The molecule has 0 spiro atoms. The molecule has 4 nitrogen and oxygen atoms in total. The summed E-state index contributed by atoms with van der Waals surface area (Å²) in [7, 11) is -3.06. The molecule has 104 valence electrons. The van der Waals surface area contributed by atoms with Crippen LogP contribution in [-0.4, -0.2) is 38.3 Å². The Labute approximate surface area is 111 Å². The summed E-state index contributed by atoms with van der Waals surface area (Å²) in [5, 5.41) is 3.01.